The molecule has 1 saturated carbocycles. The maximum Gasteiger partial charge on any atom is 0.131 e. The van der Waals surface area contributed by atoms with Gasteiger partial charge in [-0.1, -0.05) is 0 Å². The third-order valence-corrected chi connectivity index (χ3v) is 2.63. The van der Waals surface area contributed by atoms with Gasteiger partial charge < -0.3 is 10.1 Å². The van der Waals surface area contributed by atoms with Crippen molar-refractivity contribution >= 4 is 0 Å². The Morgan fingerprint density at radius 3 is 2.94 bits per heavy atom. The van der Waals surface area contributed by atoms with Crippen LogP contribution in [0.5, 0.6) is 0 Å². The molecule has 0 radical (unpaired) electrons. The second-order valence-electron chi connectivity index (χ2n) is 4.31. The monoisotopic (exact) mass is 221 g/mol. The minimum absolute atomic E-state index is 0.680. The number of nitrogens with one attached hydrogen (secondary N) is 1. The zero-order valence-corrected chi connectivity index (χ0v) is 9.99. The molecule has 2 rings (SSSR count). The molecule has 0 aromatic carbocycles. The summed E-state index contributed by atoms with van der Waals surface area (Å²) in [5.74, 6) is 0.884. The van der Waals surface area contributed by atoms with Crippen LogP contribution in [0.25, 0.3) is 0 Å². The quantitative estimate of drug-likeness (QED) is 0.784. The summed E-state index contributed by atoms with van der Waals surface area (Å²) < 4.78 is 5.04. The van der Waals surface area contributed by atoms with Crippen molar-refractivity contribution in [2.24, 2.45) is 0 Å². The number of hydrogen-bond acceptors (Lipinski definition) is 4. The van der Waals surface area contributed by atoms with Gasteiger partial charge in [-0.05, 0) is 25.8 Å². The van der Waals surface area contributed by atoms with Crippen molar-refractivity contribution in [3.63, 3.8) is 0 Å². The van der Waals surface area contributed by atoms with E-state index in [1.807, 2.05) is 13.0 Å². The first-order chi connectivity index (χ1) is 7.78. The fourth-order valence-electron chi connectivity index (χ4n) is 1.63. The Morgan fingerprint density at radius 1 is 1.44 bits per heavy atom. The van der Waals surface area contributed by atoms with E-state index in [1.165, 1.54) is 12.8 Å². The van der Waals surface area contributed by atoms with Crippen LogP contribution in [0.15, 0.2) is 6.07 Å². The van der Waals surface area contributed by atoms with E-state index in [2.05, 4.69) is 15.3 Å². The summed E-state index contributed by atoms with van der Waals surface area (Å²) in [5.41, 5.74) is 2.12. The number of ether oxygens (including phenoxy) is 1. The highest BCUT2D eigenvalue weighted by molar-refractivity contribution is 5.10. The summed E-state index contributed by atoms with van der Waals surface area (Å²) in [6.45, 7) is 3.55. The molecule has 1 aromatic heterocycles. The predicted molar refractivity (Wildman–Crippen MR) is 62.2 cm³/mol. The molecule has 1 heterocycles. The van der Waals surface area contributed by atoms with Crippen molar-refractivity contribution in [2.45, 2.75) is 38.8 Å². The topological polar surface area (TPSA) is 47.0 Å². The van der Waals surface area contributed by atoms with Crippen LogP contribution < -0.4 is 5.32 Å². The standard InChI is InChI=1S/C12H19N3O/c1-9-7-11(8-13-10-3-4-10)15-12(14-9)5-6-16-2/h7,10,13H,3-6,8H2,1-2H3. The fourth-order valence-corrected chi connectivity index (χ4v) is 1.63. The van der Waals surface area contributed by atoms with Crippen LogP contribution in [0.3, 0.4) is 0 Å². The Bertz CT molecular complexity index is 350. The van der Waals surface area contributed by atoms with Gasteiger partial charge in [0.25, 0.3) is 0 Å². The molecular weight excluding hydrogens is 202 g/mol. The van der Waals surface area contributed by atoms with Crippen molar-refractivity contribution in [1.29, 1.82) is 0 Å². The van der Waals surface area contributed by atoms with Crippen LogP contribution in [0.4, 0.5) is 0 Å². The highest BCUT2D eigenvalue weighted by Crippen LogP contribution is 2.19. The second kappa shape index (κ2) is 5.37. The number of methoxy groups -OCH3 is 1. The molecule has 0 aliphatic heterocycles. The van der Waals surface area contributed by atoms with Gasteiger partial charge in [-0.25, -0.2) is 9.97 Å². The second-order valence-corrected chi connectivity index (χ2v) is 4.31. The highest BCUT2D eigenvalue weighted by atomic mass is 16.5. The molecular formula is C12H19N3O. The molecule has 1 N–H and O–H groups in total. The van der Waals surface area contributed by atoms with Gasteiger partial charge in [0.2, 0.25) is 0 Å². The lowest BCUT2D eigenvalue weighted by atomic mass is 10.3. The van der Waals surface area contributed by atoms with Crippen LogP contribution in [-0.4, -0.2) is 29.7 Å². The zero-order chi connectivity index (χ0) is 11.4. The summed E-state index contributed by atoms with van der Waals surface area (Å²) in [6.07, 6.45) is 3.40. The SMILES string of the molecule is COCCc1nc(C)cc(CNC2CC2)n1. The van der Waals surface area contributed by atoms with E-state index in [1.54, 1.807) is 7.11 Å². The maximum absolute atomic E-state index is 5.04. The average molecular weight is 221 g/mol. The molecule has 0 spiro atoms. The third-order valence-electron chi connectivity index (χ3n) is 2.63. The summed E-state index contributed by atoms with van der Waals surface area (Å²) in [6, 6.07) is 2.77. The van der Waals surface area contributed by atoms with Crippen LogP contribution in [-0.2, 0) is 17.7 Å². The molecule has 1 aromatic rings. The smallest absolute Gasteiger partial charge is 0.131 e. The molecule has 0 atom stereocenters. The molecule has 0 unspecified atom stereocenters. The Hall–Kier alpha value is -1.00. The Balaban J connectivity index is 1.96. The Morgan fingerprint density at radius 2 is 2.25 bits per heavy atom. The van der Waals surface area contributed by atoms with Crippen molar-refractivity contribution in [3.05, 3.63) is 23.3 Å². The molecule has 0 bridgehead atoms. The molecule has 1 aliphatic rings. The lowest BCUT2D eigenvalue weighted by molar-refractivity contribution is 0.200. The minimum atomic E-state index is 0.680. The normalized spacial score (nSPS) is 15.4. The molecule has 0 amide bonds. The summed E-state index contributed by atoms with van der Waals surface area (Å²) in [4.78, 5) is 8.91. The Kier molecular flexibility index (Phi) is 3.85. The summed E-state index contributed by atoms with van der Waals surface area (Å²) >= 11 is 0. The van der Waals surface area contributed by atoms with Crippen LogP contribution in [0.2, 0.25) is 0 Å². The summed E-state index contributed by atoms with van der Waals surface area (Å²) in [5, 5.41) is 3.46. The molecule has 88 valence electrons. The van der Waals surface area contributed by atoms with Gasteiger partial charge in [-0.3, -0.25) is 0 Å². The molecule has 0 saturated heterocycles. The number of hydrogen-bond donors (Lipinski definition) is 1. The predicted octanol–water partition coefficient (Wildman–Crippen LogP) is 1.23. The van der Waals surface area contributed by atoms with Gasteiger partial charge in [0.1, 0.15) is 5.82 Å². The van der Waals surface area contributed by atoms with Crippen LogP contribution >= 0.6 is 0 Å². The lowest BCUT2D eigenvalue weighted by Crippen LogP contribution is -2.17. The zero-order valence-electron chi connectivity index (χ0n) is 9.99. The first kappa shape index (κ1) is 11.5. The average Bonchev–Trinajstić information content (AvgIpc) is 3.07. The first-order valence-electron chi connectivity index (χ1n) is 5.83. The first-order valence-corrected chi connectivity index (χ1v) is 5.83. The summed E-state index contributed by atoms with van der Waals surface area (Å²) in [7, 11) is 1.70. The number of rotatable bonds is 6. The molecule has 4 heteroatoms. The van der Waals surface area contributed by atoms with E-state index in [0.29, 0.717) is 6.61 Å². The molecule has 1 fully saturated rings. The van der Waals surface area contributed by atoms with E-state index < -0.39 is 0 Å². The van der Waals surface area contributed by atoms with Gasteiger partial charge >= 0.3 is 0 Å². The molecule has 4 nitrogen and oxygen atoms in total. The van der Waals surface area contributed by atoms with Gasteiger partial charge in [-0.15, -0.1) is 0 Å². The number of aromatic nitrogens is 2. The number of nitrogens with zero attached hydrogens (tertiary/aromatic N) is 2. The van der Waals surface area contributed by atoms with Crippen molar-refractivity contribution in [2.75, 3.05) is 13.7 Å². The van der Waals surface area contributed by atoms with Crippen molar-refractivity contribution < 1.29 is 4.74 Å². The highest BCUT2D eigenvalue weighted by Gasteiger charge is 2.20. The van der Waals surface area contributed by atoms with Crippen molar-refractivity contribution in [3.8, 4) is 0 Å². The van der Waals surface area contributed by atoms with E-state index in [4.69, 9.17) is 4.74 Å². The maximum atomic E-state index is 5.04. The third kappa shape index (κ3) is 3.54. The fraction of sp³-hybridized carbons (Fsp3) is 0.667. The van der Waals surface area contributed by atoms with Gasteiger partial charge in [-0.2, -0.15) is 0 Å². The molecule has 1 aliphatic carbocycles. The molecule has 16 heavy (non-hydrogen) atoms. The Labute approximate surface area is 96.4 Å². The van der Waals surface area contributed by atoms with E-state index in [0.717, 1.165) is 36.2 Å². The van der Waals surface area contributed by atoms with Gasteiger partial charge in [0.15, 0.2) is 0 Å². The van der Waals surface area contributed by atoms with Crippen LogP contribution in [0, 0.1) is 6.92 Å². The van der Waals surface area contributed by atoms with E-state index in [9.17, 15) is 0 Å². The van der Waals surface area contributed by atoms with Gasteiger partial charge in [0.05, 0.1) is 12.3 Å². The van der Waals surface area contributed by atoms with E-state index in [-0.39, 0.29) is 0 Å². The minimum Gasteiger partial charge on any atom is -0.384 e. The largest absolute Gasteiger partial charge is 0.384 e. The lowest BCUT2D eigenvalue weighted by Gasteiger charge is -2.06. The van der Waals surface area contributed by atoms with Gasteiger partial charge in [0, 0.05) is 31.8 Å². The number of aryl methyl sites for hydroxylation is 1. The van der Waals surface area contributed by atoms with Crippen molar-refractivity contribution in [1.82, 2.24) is 15.3 Å². The van der Waals surface area contributed by atoms with Crippen LogP contribution in [0.1, 0.15) is 30.1 Å². The van der Waals surface area contributed by atoms with E-state index >= 15 is 0 Å².